The fourth-order valence-electron chi connectivity index (χ4n) is 2.47. The fourth-order valence-corrected chi connectivity index (χ4v) is 3.60. The summed E-state index contributed by atoms with van der Waals surface area (Å²) in [4.78, 5) is 4.38. The lowest BCUT2D eigenvalue weighted by Crippen LogP contribution is -2.24. The lowest BCUT2D eigenvalue weighted by molar-refractivity contribution is 0.268. The quantitative estimate of drug-likeness (QED) is 0.832. The highest BCUT2D eigenvalue weighted by Gasteiger charge is 2.21. The number of anilines is 1. The van der Waals surface area contributed by atoms with Gasteiger partial charge in [-0.2, -0.15) is 0 Å². The molecule has 2 unspecified atom stereocenters. The molecule has 0 bridgehead atoms. The molecule has 0 spiro atoms. The molecule has 2 rings (SSSR count). The van der Waals surface area contributed by atoms with Crippen molar-refractivity contribution in [3.05, 3.63) is 21.2 Å². The zero-order chi connectivity index (χ0) is 12.3. The first-order valence-corrected chi connectivity index (χ1v) is 7.80. The molecule has 1 saturated carbocycles. The zero-order valence-corrected chi connectivity index (χ0v) is 13.2. The Balaban J connectivity index is 1.92. The van der Waals surface area contributed by atoms with Gasteiger partial charge in [-0.25, -0.2) is 4.98 Å². The van der Waals surface area contributed by atoms with Gasteiger partial charge in [0, 0.05) is 17.2 Å². The molecule has 0 radical (unpaired) electrons. The van der Waals surface area contributed by atoms with Gasteiger partial charge in [0.1, 0.15) is 5.82 Å². The summed E-state index contributed by atoms with van der Waals surface area (Å²) in [6.45, 7) is 3.41. The molecule has 1 aromatic heterocycles. The first kappa shape index (κ1) is 13.3. The molecule has 1 N–H and O–H groups in total. The summed E-state index contributed by atoms with van der Waals surface area (Å²) in [6.07, 6.45) is 7.34. The standard InChI is InChI=1S/C13H18Br2N2/c1-9-4-2-3-5-10(9)7-16-13-12(15)6-11(14)8-17-13/h6,8-10H,2-5,7H2,1H3,(H,16,17). The second-order valence-electron chi connectivity index (χ2n) is 4.89. The topological polar surface area (TPSA) is 24.9 Å². The molecule has 94 valence electrons. The van der Waals surface area contributed by atoms with Crippen LogP contribution in [0.2, 0.25) is 0 Å². The molecular formula is C13H18Br2N2. The third-order valence-electron chi connectivity index (χ3n) is 3.63. The van der Waals surface area contributed by atoms with Crippen LogP contribution in [0.1, 0.15) is 32.6 Å². The molecule has 0 amide bonds. The van der Waals surface area contributed by atoms with Crippen LogP contribution >= 0.6 is 31.9 Å². The summed E-state index contributed by atoms with van der Waals surface area (Å²) in [5.74, 6) is 2.58. The summed E-state index contributed by atoms with van der Waals surface area (Å²) in [7, 11) is 0. The number of pyridine rings is 1. The maximum absolute atomic E-state index is 4.38. The van der Waals surface area contributed by atoms with Gasteiger partial charge in [0.25, 0.3) is 0 Å². The summed E-state index contributed by atoms with van der Waals surface area (Å²) >= 11 is 6.95. The number of halogens is 2. The maximum atomic E-state index is 4.38. The molecule has 0 saturated heterocycles. The smallest absolute Gasteiger partial charge is 0.140 e. The van der Waals surface area contributed by atoms with Crippen molar-refractivity contribution in [2.24, 2.45) is 11.8 Å². The van der Waals surface area contributed by atoms with E-state index in [1.165, 1.54) is 25.7 Å². The van der Waals surface area contributed by atoms with E-state index in [9.17, 15) is 0 Å². The van der Waals surface area contributed by atoms with Gasteiger partial charge in [-0.05, 0) is 56.2 Å². The highest BCUT2D eigenvalue weighted by molar-refractivity contribution is 9.11. The van der Waals surface area contributed by atoms with Crippen molar-refractivity contribution in [1.82, 2.24) is 4.98 Å². The number of nitrogens with zero attached hydrogens (tertiary/aromatic N) is 1. The van der Waals surface area contributed by atoms with Crippen LogP contribution in [0.25, 0.3) is 0 Å². The van der Waals surface area contributed by atoms with Crippen molar-refractivity contribution in [2.45, 2.75) is 32.6 Å². The largest absolute Gasteiger partial charge is 0.369 e. The highest BCUT2D eigenvalue weighted by atomic mass is 79.9. The molecule has 1 heterocycles. The van der Waals surface area contributed by atoms with Crippen LogP contribution in [0.5, 0.6) is 0 Å². The van der Waals surface area contributed by atoms with Crippen molar-refractivity contribution in [3.8, 4) is 0 Å². The van der Waals surface area contributed by atoms with E-state index in [4.69, 9.17) is 0 Å². The van der Waals surface area contributed by atoms with Crippen molar-refractivity contribution in [3.63, 3.8) is 0 Å². The fraction of sp³-hybridized carbons (Fsp3) is 0.615. The average Bonchev–Trinajstić information content (AvgIpc) is 2.30. The molecule has 0 aromatic carbocycles. The number of aromatic nitrogens is 1. The third-order valence-corrected chi connectivity index (χ3v) is 4.67. The SMILES string of the molecule is CC1CCCCC1CNc1ncc(Br)cc1Br. The summed E-state index contributed by atoms with van der Waals surface area (Å²) in [5.41, 5.74) is 0. The van der Waals surface area contributed by atoms with Gasteiger partial charge in [0.05, 0.1) is 4.47 Å². The van der Waals surface area contributed by atoms with Crippen LogP contribution in [0.3, 0.4) is 0 Å². The molecule has 17 heavy (non-hydrogen) atoms. The Morgan fingerprint density at radius 1 is 1.35 bits per heavy atom. The number of rotatable bonds is 3. The van der Waals surface area contributed by atoms with Crippen LogP contribution in [-0.4, -0.2) is 11.5 Å². The predicted octanol–water partition coefficient (Wildman–Crippen LogP) is 4.84. The summed E-state index contributed by atoms with van der Waals surface area (Å²) in [6, 6.07) is 2.03. The van der Waals surface area contributed by atoms with Gasteiger partial charge < -0.3 is 5.32 Å². The van der Waals surface area contributed by atoms with E-state index in [2.05, 4.69) is 49.1 Å². The molecule has 2 nitrogen and oxygen atoms in total. The number of hydrogen-bond acceptors (Lipinski definition) is 2. The van der Waals surface area contributed by atoms with Crippen LogP contribution in [-0.2, 0) is 0 Å². The van der Waals surface area contributed by atoms with E-state index >= 15 is 0 Å². The normalized spacial score (nSPS) is 24.6. The average molecular weight is 362 g/mol. The minimum Gasteiger partial charge on any atom is -0.369 e. The zero-order valence-electron chi connectivity index (χ0n) is 10.0. The minimum atomic E-state index is 0.793. The number of nitrogens with one attached hydrogen (secondary N) is 1. The summed E-state index contributed by atoms with van der Waals surface area (Å²) in [5, 5.41) is 3.46. The molecule has 0 aliphatic heterocycles. The van der Waals surface area contributed by atoms with Gasteiger partial charge in [-0.1, -0.05) is 26.2 Å². The molecule has 4 heteroatoms. The van der Waals surface area contributed by atoms with Crippen LogP contribution < -0.4 is 5.32 Å². The second kappa shape index (κ2) is 6.19. The van der Waals surface area contributed by atoms with Gasteiger partial charge >= 0.3 is 0 Å². The van der Waals surface area contributed by atoms with Crippen LogP contribution in [0, 0.1) is 11.8 Å². The van der Waals surface area contributed by atoms with E-state index < -0.39 is 0 Å². The van der Waals surface area contributed by atoms with Crippen molar-refractivity contribution < 1.29 is 0 Å². The summed E-state index contributed by atoms with van der Waals surface area (Å²) < 4.78 is 2.02. The van der Waals surface area contributed by atoms with E-state index in [1.54, 1.807) is 0 Å². The van der Waals surface area contributed by atoms with E-state index in [0.717, 1.165) is 33.1 Å². The maximum Gasteiger partial charge on any atom is 0.140 e. The van der Waals surface area contributed by atoms with Crippen LogP contribution in [0.15, 0.2) is 21.2 Å². The molecule has 2 atom stereocenters. The third kappa shape index (κ3) is 3.68. The van der Waals surface area contributed by atoms with E-state index in [1.807, 2.05) is 12.3 Å². The van der Waals surface area contributed by atoms with Crippen molar-refractivity contribution >= 4 is 37.7 Å². The van der Waals surface area contributed by atoms with Gasteiger partial charge in [0.15, 0.2) is 0 Å². The number of hydrogen-bond donors (Lipinski definition) is 1. The molecule has 1 aromatic rings. The second-order valence-corrected chi connectivity index (χ2v) is 6.66. The van der Waals surface area contributed by atoms with Crippen molar-refractivity contribution in [1.29, 1.82) is 0 Å². The Bertz CT molecular complexity index is 382. The molecule has 1 fully saturated rings. The Kier molecular flexibility index (Phi) is 4.86. The molecule has 1 aliphatic rings. The monoisotopic (exact) mass is 360 g/mol. The Hall–Kier alpha value is -0.0900. The predicted molar refractivity (Wildman–Crippen MR) is 79.2 cm³/mol. The first-order chi connectivity index (χ1) is 8.16. The van der Waals surface area contributed by atoms with Crippen molar-refractivity contribution in [2.75, 3.05) is 11.9 Å². The van der Waals surface area contributed by atoms with E-state index in [-0.39, 0.29) is 0 Å². The van der Waals surface area contributed by atoms with Gasteiger partial charge in [-0.15, -0.1) is 0 Å². The van der Waals surface area contributed by atoms with Gasteiger partial charge in [0.2, 0.25) is 0 Å². The molecular weight excluding hydrogens is 344 g/mol. The highest BCUT2D eigenvalue weighted by Crippen LogP contribution is 2.30. The Morgan fingerprint density at radius 3 is 2.82 bits per heavy atom. The van der Waals surface area contributed by atoms with E-state index in [0.29, 0.717) is 0 Å². The van der Waals surface area contributed by atoms with Gasteiger partial charge in [-0.3, -0.25) is 0 Å². The lowest BCUT2D eigenvalue weighted by atomic mass is 9.80. The first-order valence-electron chi connectivity index (χ1n) is 6.21. The molecule has 1 aliphatic carbocycles. The Labute approximate surface area is 120 Å². The van der Waals surface area contributed by atoms with Crippen LogP contribution in [0.4, 0.5) is 5.82 Å². The Morgan fingerprint density at radius 2 is 2.12 bits per heavy atom. The minimum absolute atomic E-state index is 0.793. The lowest BCUT2D eigenvalue weighted by Gasteiger charge is -2.29.